The lowest BCUT2D eigenvalue weighted by atomic mass is 10.0. The van der Waals surface area contributed by atoms with Gasteiger partial charge in [0.1, 0.15) is 5.82 Å². The standard InChI is InChI=1S/C22H19FN2O/c23-17-11-9-15(10-12-17)18-14-19(18)22(26)25-21(16-6-2-1-3-7-16)20-8-4-5-13-24-20/h1-13,18-19,21H,14H2,(H,25,26)/t18-,19+,21-/m1/s1. The van der Waals surface area contributed by atoms with Gasteiger partial charge in [-0.3, -0.25) is 9.78 Å². The maximum Gasteiger partial charge on any atom is 0.224 e. The van der Waals surface area contributed by atoms with Gasteiger partial charge < -0.3 is 5.32 Å². The molecule has 0 aliphatic heterocycles. The van der Waals surface area contributed by atoms with Crippen molar-refractivity contribution in [2.75, 3.05) is 0 Å². The largest absolute Gasteiger partial charge is 0.343 e. The van der Waals surface area contributed by atoms with Gasteiger partial charge in [-0.05, 0) is 47.7 Å². The molecule has 0 radical (unpaired) electrons. The lowest BCUT2D eigenvalue weighted by molar-refractivity contribution is -0.122. The smallest absolute Gasteiger partial charge is 0.224 e. The molecule has 1 saturated carbocycles. The molecule has 1 amide bonds. The highest BCUT2D eigenvalue weighted by Crippen LogP contribution is 2.47. The summed E-state index contributed by atoms with van der Waals surface area (Å²) in [6.45, 7) is 0. The molecule has 0 bridgehead atoms. The van der Waals surface area contributed by atoms with E-state index in [-0.39, 0.29) is 29.6 Å². The molecule has 0 saturated heterocycles. The van der Waals surface area contributed by atoms with Crippen molar-refractivity contribution in [3.63, 3.8) is 0 Å². The molecule has 1 aliphatic rings. The van der Waals surface area contributed by atoms with Gasteiger partial charge in [0.05, 0.1) is 11.7 Å². The zero-order valence-corrected chi connectivity index (χ0v) is 14.2. The van der Waals surface area contributed by atoms with E-state index in [4.69, 9.17) is 0 Å². The minimum Gasteiger partial charge on any atom is -0.343 e. The predicted molar refractivity (Wildman–Crippen MR) is 97.9 cm³/mol. The van der Waals surface area contributed by atoms with Gasteiger partial charge in [-0.15, -0.1) is 0 Å². The van der Waals surface area contributed by atoms with Gasteiger partial charge in [0.25, 0.3) is 0 Å². The van der Waals surface area contributed by atoms with Crippen LogP contribution in [0.5, 0.6) is 0 Å². The quantitative estimate of drug-likeness (QED) is 0.751. The first-order chi connectivity index (χ1) is 12.7. The Hall–Kier alpha value is -3.01. The monoisotopic (exact) mass is 346 g/mol. The van der Waals surface area contributed by atoms with Crippen molar-refractivity contribution in [1.82, 2.24) is 10.3 Å². The molecule has 3 atom stereocenters. The van der Waals surface area contributed by atoms with Gasteiger partial charge in [0, 0.05) is 12.1 Å². The van der Waals surface area contributed by atoms with Crippen LogP contribution in [0.3, 0.4) is 0 Å². The molecule has 3 nitrogen and oxygen atoms in total. The zero-order chi connectivity index (χ0) is 17.9. The van der Waals surface area contributed by atoms with Gasteiger partial charge in [-0.1, -0.05) is 48.5 Å². The summed E-state index contributed by atoms with van der Waals surface area (Å²) in [6, 6.07) is 21.7. The minimum absolute atomic E-state index is 0.0128. The summed E-state index contributed by atoms with van der Waals surface area (Å²) in [5.74, 6) is -0.153. The molecule has 4 rings (SSSR count). The van der Waals surface area contributed by atoms with E-state index in [2.05, 4.69) is 10.3 Å². The molecule has 26 heavy (non-hydrogen) atoms. The van der Waals surface area contributed by atoms with E-state index in [1.165, 1.54) is 12.1 Å². The number of nitrogens with one attached hydrogen (secondary N) is 1. The number of carbonyl (C=O) groups excluding carboxylic acids is 1. The molecule has 4 heteroatoms. The number of pyridine rings is 1. The number of hydrogen-bond donors (Lipinski definition) is 1. The van der Waals surface area contributed by atoms with E-state index in [1.807, 2.05) is 48.5 Å². The van der Waals surface area contributed by atoms with E-state index >= 15 is 0 Å². The summed E-state index contributed by atoms with van der Waals surface area (Å²) < 4.78 is 13.1. The Bertz CT molecular complexity index is 842. The number of nitrogens with zero attached hydrogens (tertiary/aromatic N) is 1. The summed E-state index contributed by atoms with van der Waals surface area (Å²) in [5.41, 5.74) is 2.82. The SMILES string of the molecule is O=C(N[C@H](c1ccccc1)c1ccccn1)[C@H]1C[C@@H]1c1ccc(F)cc1. The summed E-state index contributed by atoms with van der Waals surface area (Å²) in [7, 11) is 0. The van der Waals surface area contributed by atoms with Crippen LogP contribution in [-0.4, -0.2) is 10.9 Å². The second-order valence-corrected chi connectivity index (χ2v) is 6.61. The van der Waals surface area contributed by atoms with Crippen molar-refractivity contribution in [3.8, 4) is 0 Å². The molecular weight excluding hydrogens is 327 g/mol. The molecule has 130 valence electrons. The van der Waals surface area contributed by atoms with E-state index in [1.54, 1.807) is 18.3 Å². The van der Waals surface area contributed by atoms with Crippen molar-refractivity contribution in [3.05, 3.63) is 102 Å². The van der Waals surface area contributed by atoms with Gasteiger partial charge in [0.2, 0.25) is 5.91 Å². The first-order valence-corrected chi connectivity index (χ1v) is 8.74. The average molecular weight is 346 g/mol. The van der Waals surface area contributed by atoms with Gasteiger partial charge >= 0.3 is 0 Å². The van der Waals surface area contributed by atoms with Crippen molar-refractivity contribution >= 4 is 5.91 Å². The Morgan fingerprint density at radius 1 is 1.00 bits per heavy atom. The summed E-state index contributed by atoms with van der Waals surface area (Å²) >= 11 is 0. The van der Waals surface area contributed by atoms with Crippen molar-refractivity contribution in [1.29, 1.82) is 0 Å². The lowest BCUT2D eigenvalue weighted by Crippen LogP contribution is -2.31. The van der Waals surface area contributed by atoms with E-state index in [0.717, 1.165) is 23.2 Å². The van der Waals surface area contributed by atoms with Crippen LogP contribution in [-0.2, 0) is 4.79 Å². The highest BCUT2D eigenvalue weighted by atomic mass is 19.1. The second-order valence-electron chi connectivity index (χ2n) is 6.61. The fraction of sp³-hybridized carbons (Fsp3) is 0.182. The summed E-state index contributed by atoms with van der Waals surface area (Å²) in [5, 5.41) is 3.15. The van der Waals surface area contributed by atoms with E-state index < -0.39 is 0 Å². The van der Waals surface area contributed by atoms with Crippen molar-refractivity contribution in [2.24, 2.45) is 5.92 Å². The summed E-state index contributed by atoms with van der Waals surface area (Å²) in [4.78, 5) is 17.2. The van der Waals surface area contributed by atoms with Crippen LogP contribution < -0.4 is 5.32 Å². The highest BCUT2D eigenvalue weighted by Gasteiger charge is 2.44. The number of benzene rings is 2. The Labute approximate surface area is 151 Å². The second kappa shape index (κ2) is 7.08. The molecule has 1 aliphatic carbocycles. The maximum atomic E-state index is 13.1. The number of rotatable bonds is 5. The normalized spacial score (nSPS) is 19.6. The van der Waals surface area contributed by atoms with Crippen LogP contribution in [0.15, 0.2) is 79.0 Å². The number of halogens is 1. The third kappa shape index (κ3) is 3.49. The number of hydrogen-bond acceptors (Lipinski definition) is 2. The third-order valence-electron chi connectivity index (χ3n) is 4.83. The van der Waals surface area contributed by atoms with Gasteiger partial charge in [-0.2, -0.15) is 0 Å². The van der Waals surface area contributed by atoms with Crippen LogP contribution in [0.25, 0.3) is 0 Å². The van der Waals surface area contributed by atoms with Crippen LogP contribution in [0.4, 0.5) is 4.39 Å². The molecule has 0 unspecified atom stereocenters. The molecule has 0 spiro atoms. The van der Waals surface area contributed by atoms with Gasteiger partial charge in [0.15, 0.2) is 0 Å². The topological polar surface area (TPSA) is 42.0 Å². The zero-order valence-electron chi connectivity index (χ0n) is 14.2. The number of carbonyl (C=O) groups is 1. The molecule has 1 aromatic heterocycles. The number of amides is 1. The van der Waals surface area contributed by atoms with E-state index in [0.29, 0.717) is 0 Å². The fourth-order valence-electron chi connectivity index (χ4n) is 3.33. The Kier molecular flexibility index (Phi) is 4.48. The van der Waals surface area contributed by atoms with Crippen molar-refractivity contribution in [2.45, 2.75) is 18.4 Å². The van der Waals surface area contributed by atoms with Crippen molar-refractivity contribution < 1.29 is 9.18 Å². The minimum atomic E-state index is -0.278. The van der Waals surface area contributed by atoms with Crippen LogP contribution in [0.2, 0.25) is 0 Å². The van der Waals surface area contributed by atoms with Crippen LogP contribution in [0, 0.1) is 11.7 Å². The fourth-order valence-corrected chi connectivity index (χ4v) is 3.33. The molecule has 3 aromatic rings. The Balaban J connectivity index is 1.51. The molecular formula is C22H19FN2O. The molecule has 1 N–H and O–H groups in total. The molecule has 2 aromatic carbocycles. The lowest BCUT2D eigenvalue weighted by Gasteiger charge is -2.19. The first-order valence-electron chi connectivity index (χ1n) is 8.74. The molecule has 1 heterocycles. The molecule has 1 fully saturated rings. The maximum absolute atomic E-state index is 13.1. The average Bonchev–Trinajstić information content (AvgIpc) is 3.49. The van der Waals surface area contributed by atoms with Crippen LogP contribution >= 0.6 is 0 Å². The third-order valence-corrected chi connectivity index (χ3v) is 4.83. The number of aromatic nitrogens is 1. The highest BCUT2D eigenvalue weighted by molar-refractivity contribution is 5.83. The Morgan fingerprint density at radius 2 is 1.73 bits per heavy atom. The van der Waals surface area contributed by atoms with Gasteiger partial charge in [-0.25, -0.2) is 4.39 Å². The predicted octanol–water partition coefficient (Wildman–Crippen LogP) is 4.23. The van der Waals surface area contributed by atoms with E-state index in [9.17, 15) is 9.18 Å². The Morgan fingerprint density at radius 3 is 2.42 bits per heavy atom. The first kappa shape index (κ1) is 16.5. The summed E-state index contributed by atoms with van der Waals surface area (Å²) in [6.07, 6.45) is 2.52. The van der Waals surface area contributed by atoms with Crippen LogP contribution in [0.1, 0.15) is 35.2 Å².